The SMILES string of the molecule is C=N/C(=C(\C=C/C)c1ncc(O)c(NCc2ccc(-c3nc(C(F)(F)F)cn3C)cc2)n1)C(C)C. The van der Waals surface area contributed by atoms with E-state index in [1.54, 1.807) is 24.3 Å². The van der Waals surface area contributed by atoms with E-state index in [1.165, 1.54) is 17.8 Å². The van der Waals surface area contributed by atoms with E-state index in [0.717, 1.165) is 17.5 Å². The molecule has 10 heteroatoms. The van der Waals surface area contributed by atoms with Gasteiger partial charge in [0.15, 0.2) is 23.1 Å². The first kappa shape index (κ1) is 25.7. The lowest BCUT2D eigenvalue weighted by atomic mass is 10.0. The molecule has 0 aliphatic carbocycles. The van der Waals surface area contributed by atoms with Crippen LogP contribution in [0, 0.1) is 5.92 Å². The van der Waals surface area contributed by atoms with Gasteiger partial charge in [0, 0.05) is 30.9 Å². The number of aryl methyl sites for hydroxylation is 1. The molecular weight excluding hydrogens is 457 g/mol. The Morgan fingerprint density at radius 1 is 1.23 bits per heavy atom. The molecule has 184 valence electrons. The zero-order chi connectivity index (χ0) is 25.8. The summed E-state index contributed by atoms with van der Waals surface area (Å²) in [5.74, 6) is 0.833. The molecule has 35 heavy (non-hydrogen) atoms. The van der Waals surface area contributed by atoms with Crippen molar-refractivity contribution in [2.24, 2.45) is 18.0 Å². The van der Waals surface area contributed by atoms with Crippen LogP contribution in [0.15, 0.2) is 59.5 Å². The van der Waals surface area contributed by atoms with E-state index in [9.17, 15) is 18.3 Å². The number of aliphatic imine (C=N–C) groups is 1. The van der Waals surface area contributed by atoms with Gasteiger partial charge in [0.1, 0.15) is 5.82 Å². The average molecular weight is 485 g/mol. The number of benzene rings is 1. The van der Waals surface area contributed by atoms with E-state index in [4.69, 9.17) is 0 Å². The van der Waals surface area contributed by atoms with Gasteiger partial charge in [0.25, 0.3) is 0 Å². The minimum absolute atomic E-state index is 0.0944. The molecule has 0 saturated carbocycles. The van der Waals surface area contributed by atoms with Crippen molar-refractivity contribution >= 4 is 18.1 Å². The number of hydrogen-bond acceptors (Lipinski definition) is 6. The molecule has 2 heterocycles. The maximum atomic E-state index is 13.0. The van der Waals surface area contributed by atoms with Gasteiger partial charge in [-0.3, -0.25) is 4.99 Å². The minimum atomic E-state index is -4.50. The fourth-order valence-electron chi connectivity index (χ4n) is 3.48. The van der Waals surface area contributed by atoms with Crippen LogP contribution in [0.4, 0.5) is 19.0 Å². The van der Waals surface area contributed by atoms with Crippen LogP contribution in [0.5, 0.6) is 5.75 Å². The summed E-state index contributed by atoms with van der Waals surface area (Å²) in [5, 5.41) is 13.3. The van der Waals surface area contributed by atoms with E-state index >= 15 is 0 Å². The van der Waals surface area contributed by atoms with E-state index in [1.807, 2.05) is 32.9 Å². The van der Waals surface area contributed by atoms with Crippen molar-refractivity contribution in [1.82, 2.24) is 19.5 Å². The minimum Gasteiger partial charge on any atom is -0.503 e. The second-order valence-corrected chi connectivity index (χ2v) is 8.15. The number of nitrogens with one attached hydrogen (secondary N) is 1. The Balaban J connectivity index is 1.82. The van der Waals surface area contributed by atoms with Crippen molar-refractivity contribution in [3.63, 3.8) is 0 Å². The van der Waals surface area contributed by atoms with Crippen LogP contribution in [0.2, 0.25) is 0 Å². The Morgan fingerprint density at radius 2 is 1.91 bits per heavy atom. The predicted octanol–water partition coefficient (Wildman–Crippen LogP) is 5.86. The largest absolute Gasteiger partial charge is 0.503 e. The summed E-state index contributed by atoms with van der Waals surface area (Å²) in [6.07, 6.45) is 1.48. The molecule has 7 nitrogen and oxygen atoms in total. The highest BCUT2D eigenvalue weighted by atomic mass is 19.4. The smallest absolute Gasteiger partial charge is 0.434 e. The Morgan fingerprint density at radius 3 is 2.46 bits per heavy atom. The molecule has 0 saturated heterocycles. The topological polar surface area (TPSA) is 88.2 Å². The maximum absolute atomic E-state index is 13.0. The number of nitrogens with zero attached hydrogens (tertiary/aromatic N) is 5. The molecule has 3 aromatic rings. The molecule has 0 radical (unpaired) electrons. The Kier molecular flexibility index (Phi) is 7.73. The van der Waals surface area contributed by atoms with Crippen molar-refractivity contribution in [1.29, 1.82) is 0 Å². The second kappa shape index (κ2) is 10.5. The Hall–Kier alpha value is -3.95. The lowest BCUT2D eigenvalue weighted by Gasteiger charge is -2.13. The third-order valence-electron chi connectivity index (χ3n) is 5.18. The number of alkyl halides is 3. The molecule has 0 amide bonds. The summed E-state index contributed by atoms with van der Waals surface area (Å²) in [4.78, 5) is 16.6. The molecule has 2 aromatic heterocycles. The van der Waals surface area contributed by atoms with E-state index in [-0.39, 0.29) is 23.3 Å². The van der Waals surface area contributed by atoms with E-state index in [2.05, 4.69) is 32.0 Å². The molecule has 0 aliphatic rings. The van der Waals surface area contributed by atoms with Crippen LogP contribution < -0.4 is 5.32 Å². The molecule has 0 aliphatic heterocycles. The van der Waals surface area contributed by atoms with E-state index < -0.39 is 11.9 Å². The first-order chi connectivity index (χ1) is 16.5. The number of hydrogen-bond donors (Lipinski definition) is 2. The van der Waals surface area contributed by atoms with Gasteiger partial charge in [-0.25, -0.2) is 15.0 Å². The molecule has 0 atom stereocenters. The Bertz CT molecular complexity index is 1260. The quantitative estimate of drug-likeness (QED) is 0.309. The lowest BCUT2D eigenvalue weighted by molar-refractivity contribution is -0.140. The van der Waals surface area contributed by atoms with Gasteiger partial charge >= 0.3 is 6.18 Å². The molecule has 3 rings (SSSR count). The van der Waals surface area contributed by atoms with Gasteiger partial charge in [-0.1, -0.05) is 50.3 Å². The highest BCUT2D eigenvalue weighted by Crippen LogP contribution is 2.31. The van der Waals surface area contributed by atoms with Gasteiger partial charge in [-0.15, -0.1) is 0 Å². The first-order valence-electron chi connectivity index (χ1n) is 10.9. The highest BCUT2D eigenvalue weighted by molar-refractivity contribution is 5.74. The third-order valence-corrected chi connectivity index (χ3v) is 5.18. The number of halogens is 3. The van der Waals surface area contributed by atoms with E-state index in [0.29, 0.717) is 23.5 Å². The van der Waals surface area contributed by atoms with Gasteiger partial charge in [-0.05, 0) is 25.1 Å². The molecule has 1 aromatic carbocycles. The fourth-order valence-corrected chi connectivity index (χ4v) is 3.48. The molecule has 0 spiro atoms. The fraction of sp³-hybridized carbons (Fsp3) is 0.280. The first-order valence-corrected chi connectivity index (χ1v) is 10.9. The maximum Gasteiger partial charge on any atom is 0.434 e. The summed E-state index contributed by atoms with van der Waals surface area (Å²) in [6.45, 7) is 9.83. The van der Waals surface area contributed by atoms with Crippen LogP contribution in [-0.4, -0.2) is 31.3 Å². The highest BCUT2D eigenvalue weighted by Gasteiger charge is 2.34. The predicted molar refractivity (Wildman–Crippen MR) is 131 cm³/mol. The van der Waals surface area contributed by atoms with Crippen LogP contribution in [0.3, 0.4) is 0 Å². The number of anilines is 1. The zero-order valence-electron chi connectivity index (χ0n) is 19.9. The lowest BCUT2D eigenvalue weighted by Crippen LogP contribution is -2.06. The molecular formula is C25H27F3N6O. The number of allylic oxidation sites excluding steroid dienone is 4. The second-order valence-electron chi connectivity index (χ2n) is 8.15. The van der Waals surface area contributed by atoms with Gasteiger partial charge in [0.2, 0.25) is 0 Å². The average Bonchev–Trinajstić information content (AvgIpc) is 3.21. The molecule has 2 N–H and O–H groups in total. The summed E-state index contributed by atoms with van der Waals surface area (Å²) in [6, 6.07) is 6.94. The number of imidazole rings is 1. The van der Waals surface area contributed by atoms with Crippen LogP contribution >= 0.6 is 0 Å². The molecule has 0 fully saturated rings. The summed E-state index contributed by atoms with van der Waals surface area (Å²) in [7, 11) is 1.52. The van der Waals surface area contributed by atoms with Gasteiger partial charge in [0.05, 0.1) is 11.9 Å². The van der Waals surface area contributed by atoms with Gasteiger partial charge < -0.3 is 15.0 Å². The standard InChI is InChI=1S/C25H27F3N6O/c1-6-7-18(21(29-4)15(2)3)22-31-13-19(35)23(33-22)30-12-16-8-10-17(11-9-16)24-32-20(14-34(24)5)25(26,27)28/h6-11,13-15,35H,4,12H2,1-3,5H3,(H,30,31,33)/b7-6-,21-18+. The van der Waals surface area contributed by atoms with Crippen molar-refractivity contribution < 1.29 is 18.3 Å². The molecule has 0 bridgehead atoms. The van der Waals surface area contributed by atoms with Crippen molar-refractivity contribution in [2.45, 2.75) is 33.5 Å². The number of aromatic nitrogens is 4. The summed E-state index contributed by atoms with van der Waals surface area (Å²) < 4.78 is 40.2. The van der Waals surface area contributed by atoms with Crippen molar-refractivity contribution in [2.75, 3.05) is 5.32 Å². The van der Waals surface area contributed by atoms with Crippen LogP contribution in [0.25, 0.3) is 17.0 Å². The molecule has 0 unspecified atom stereocenters. The third kappa shape index (κ3) is 5.95. The zero-order valence-corrected chi connectivity index (χ0v) is 19.9. The summed E-state index contributed by atoms with van der Waals surface area (Å²) in [5.41, 5.74) is 1.89. The summed E-state index contributed by atoms with van der Waals surface area (Å²) >= 11 is 0. The van der Waals surface area contributed by atoms with Crippen molar-refractivity contribution in [3.05, 3.63) is 71.6 Å². The van der Waals surface area contributed by atoms with Crippen LogP contribution in [-0.2, 0) is 19.8 Å². The van der Waals surface area contributed by atoms with Gasteiger partial charge in [-0.2, -0.15) is 13.2 Å². The number of aromatic hydroxyl groups is 1. The number of rotatable bonds is 8. The monoisotopic (exact) mass is 484 g/mol. The van der Waals surface area contributed by atoms with Crippen molar-refractivity contribution in [3.8, 4) is 17.1 Å². The normalized spacial score (nSPS) is 12.8. The van der Waals surface area contributed by atoms with Crippen LogP contribution in [0.1, 0.15) is 37.9 Å². The Labute approximate surface area is 201 Å².